The van der Waals surface area contributed by atoms with Crippen molar-refractivity contribution in [3.05, 3.63) is 59.4 Å². The number of nitrogens with one attached hydrogen (secondary N) is 3. The van der Waals surface area contributed by atoms with Gasteiger partial charge in [0.15, 0.2) is 0 Å². The fourth-order valence-corrected chi connectivity index (χ4v) is 2.32. The van der Waals surface area contributed by atoms with Crippen LogP contribution in [0.4, 0.5) is 5.69 Å². The molecule has 3 N–H and O–H groups in total. The molecule has 136 valence electrons. The second kappa shape index (κ2) is 9.53. The smallest absolute Gasteiger partial charge is 0.271 e. The van der Waals surface area contributed by atoms with Gasteiger partial charge < -0.3 is 5.32 Å². The minimum absolute atomic E-state index is 0.0986. The molecule has 8 heteroatoms. The molecule has 1 heterocycles. The van der Waals surface area contributed by atoms with Crippen LogP contribution in [0.25, 0.3) is 0 Å². The van der Waals surface area contributed by atoms with E-state index in [1.54, 1.807) is 49.5 Å². The average molecular weight is 375 g/mol. The summed E-state index contributed by atoms with van der Waals surface area (Å²) in [4.78, 5) is 39.5. The number of amides is 3. The Labute approximate surface area is 156 Å². The standard InChI is InChI=1S/C18H19ClN4O3/c1-12(9-16(24)21-15-6-4-14(19)5-7-15)10-17(25)22-23-18(26)13-3-2-8-20-11-13/h2-8,11-12H,9-10H2,1H3,(H,21,24)(H,22,25)(H,23,26). The SMILES string of the molecule is CC(CC(=O)NNC(=O)c1cccnc1)CC(=O)Nc1ccc(Cl)cc1. The molecule has 3 amide bonds. The van der Waals surface area contributed by atoms with Crippen molar-refractivity contribution in [1.29, 1.82) is 0 Å². The lowest BCUT2D eigenvalue weighted by Crippen LogP contribution is -2.42. The van der Waals surface area contributed by atoms with E-state index in [0.29, 0.717) is 16.3 Å². The summed E-state index contributed by atoms with van der Waals surface area (Å²) < 4.78 is 0. The maximum absolute atomic E-state index is 12.0. The molecule has 1 aromatic heterocycles. The molecule has 1 atom stereocenters. The van der Waals surface area contributed by atoms with Crippen LogP contribution in [0.5, 0.6) is 0 Å². The highest BCUT2D eigenvalue weighted by molar-refractivity contribution is 6.30. The summed E-state index contributed by atoms with van der Waals surface area (Å²) in [6, 6.07) is 9.96. The van der Waals surface area contributed by atoms with E-state index >= 15 is 0 Å². The molecule has 0 saturated heterocycles. The molecule has 0 aliphatic rings. The summed E-state index contributed by atoms with van der Waals surface area (Å²) in [6.07, 6.45) is 3.21. The number of benzene rings is 1. The number of hydrazine groups is 1. The highest BCUT2D eigenvalue weighted by atomic mass is 35.5. The zero-order valence-corrected chi connectivity index (χ0v) is 14.9. The normalized spacial score (nSPS) is 11.3. The van der Waals surface area contributed by atoms with Crippen LogP contribution in [-0.2, 0) is 9.59 Å². The van der Waals surface area contributed by atoms with E-state index in [1.807, 2.05) is 0 Å². The van der Waals surface area contributed by atoms with Crippen LogP contribution >= 0.6 is 11.6 Å². The van der Waals surface area contributed by atoms with Gasteiger partial charge in [-0.15, -0.1) is 0 Å². The van der Waals surface area contributed by atoms with Crippen LogP contribution in [0.3, 0.4) is 0 Å². The largest absolute Gasteiger partial charge is 0.326 e. The molecule has 1 unspecified atom stereocenters. The van der Waals surface area contributed by atoms with Crippen molar-refractivity contribution in [2.45, 2.75) is 19.8 Å². The molecule has 0 aliphatic carbocycles. The van der Waals surface area contributed by atoms with E-state index in [1.165, 1.54) is 6.20 Å². The number of rotatable bonds is 6. The third-order valence-electron chi connectivity index (χ3n) is 3.43. The molecule has 0 bridgehead atoms. The van der Waals surface area contributed by atoms with Gasteiger partial charge >= 0.3 is 0 Å². The first-order valence-electron chi connectivity index (χ1n) is 7.98. The van der Waals surface area contributed by atoms with Crippen molar-refractivity contribution in [2.24, 2.45) is 5.92 Å². The Hall–Kier alpha value is -2.93. The lowest BCUT2D eigenvalue weighted by atomic mass is 10.0. The Morgan fingerprint density at radius 2 is 1.73 bits per heavy atom. The Kier molecular flexibility index (Phi) is 7.11. The molecule has 1 aromatic carbocycles. The summed E-state index contributed by atoms with van der Waals surface area (Å²) in [6.45, 7) is 1.78. The second-order valence-corrected chi connectivity index (χ2v) is 6.25. The number of pyridine rings is 1. The topological polar surface area (TPSA) is 100 Å². The first-order valence-corrected chi connectivity index (χ1v) is 8.36. The van der Waals surface area contributed by atoms with Crippen molar-refractivity contribution in [2.75, 3.05) is 5.32 Å². The van der Waals surface area contributed by atoms with Gasteiger partial charge in [-0.3, -0.25) is 30.2 Å². The van der Waals surface area contributed by atoms with Crippen LogP contribution in [0.1, 0.15) is 30.1 Å². The molecular formula is C18H19ClN4O3. The molecule has 2 rings (SSSR count). The quantitative estimate of drug-likeness (QED) is 0.676. The maximum atomic E-state index is 12.0. The summed E-state index contributed by atoms with van der Waals surface area (Å²) in [5, 5.41) is 3.32. The van der Waals surface area contributed by atoms with Crippen LogP contribution in [-0.4, -0.2) is 22.7 Å². The van der Waals surface area contributed by atoms with Gasteiger partial charge in [-0.25, -0.2) is 0 Å². The van der Waals surface area contributed by atoms with Crippen LogP contribution < -0.4 is 16.2 Å². The van der Waals surface area contributed by atoms with E-state index in [2.05, 4.69) is 21.2 Å². The predicted molar refractivity (Wildman–Crippen MR) is 98.3 cm³/mol. The lowest BCUT2D eigenvalue weighted by molar-refractivity contribution is -0.123. The summed E-state index contributed by atoms with van der Waals surface area (Å²) >= 11 is 5.79. The number of hydrogen-bond acceptors (Lipinski definition) is 4. The predicted octanol–water partition coefficient (Wildman–Crippen LogP) is 2.55. The number of nitrogens with zero attached hydrogens (tertiary/aromatic N) is 1. The number of carbonyl (C=O) groups excluding carboxylic acids is 3. The maximum Gasteiger partial charge on any atom is 0.271 e. The van der Waals surface area contributed by atoms with E-state index < -0.39 is 5.91 Å². The Bertz CT molecular complexity index is 766. The minimum atomic E-state index is -0.459. The highest BCUT2D eigenvalue weighted by Crippen LogP contribution is 2.15. The second-order valence-electron chi connectivity index (χ2n) is 5.81. The van der Waals surface area contributed by atoms with Gasteiger partial charge in [0, 0.05) is 35.9 Å². The zero-order chi connectivity index (χ0) is 18.9. The van der Waals surface area contributed by atoms with E-state index in [-0.39, 0.29) is 30.6 Å². The molecular weight excluding hydrogens is 356 g/mol. The Morgan fingerprint density at radius 3 is 2.38 bits per heavy atom. The Balaban J connectivity index is 1.71. The fourth-order valence-electron chi connectivity index (χ4n) is 2.20. The van der Waals surface area contributed by atoms with Crippen LogP contribution in [0.2, 0.25) is 5.02 Å². The van der Waals surface area contributed by atoms with Crippen molar-refractivity contribution in [3.8, 4) is 0 Å². The van der Waals surface area contributed by atoms with Gasteiger partial charge in [0.1, 0.15) is 0 Å². The van der Waals surface area contributed by atoms with Gasteiger partial charge in [-0.2, -0.15) is 0 Å². The first-order chi connectivity index (χ1) is 12.4. The molecule has 0 spiro atoms. The highest BCUT2D eigenvalue weighted by Gasteiger charge is 2.14. The Morgan fingerprint density at radius 1 is 1.04 bits per heavy atom. The molecule has 7 nitrogen and oxygen atoms in total. The number of hydrogen-bond donors (Lipinski definition) is 3. The molecule has 2 aromatic rings. The van der Waals surface area contributed by atoms with Gasteiger partial charge in [0.05, 0.1) is 5.56 Å². The van der Waals surface area contributed by atoms with Crippen molar-refractivity contribution in [1.82, 2.24) is 15.8 Å². The number of halogens is 1. The molecule has 0 fully saturated rings. The monoisotopic (exact) mass is 374 g/mol. The van der Waals surface area contributed by atoms with E-state index in [9.17, 15) is 14.4 Å². The van der Waals surface area contributed by atoms with Crippen molar-refractivity contribution >= 4 is 35.0 Å². The average Bonchev–Trinajstić information content (AvgIpc) is 2.62. The third kappa shape index (κ3) is 6.52. The van der Waals surface area contributed by atoms with E-state index in [4.69, 9.17) is 11.6 Å². The van der Waals surface area contributed by atoms with Crippen molar-refractivity contribution < 1.29 is 14.4 Å². The molecule has 0 aliphatic heterocycles. The van der Waals surface area contributed by atoms with Crippen LogP contribution in [0.15, 0.2) is 48.8 Å². The minimum Gasteiger partial charge on any atom is -0.326 e. The van der Waals surface area contributed by atoms with Crippen LogP contribution in [0, 0.1) is 5.92 Å². The molecule has 0 radical (unpaired) electrons. The van der Waals surface area contributed by atoms with Gasteiger partial charge in [0.2, 0.25) is 11.8 Å². The molecule has 26 heavy (non-hydrogen) atoms. The first kappa shape index (κ1) is 19.4. The molecule has 0 saturated carbocycles. The van der Waals surface area contributed by atoms with Gasteiger partial charge in [-0.05, 0) is 42.3 Å². The summed E-state index contributed by atoms with van der Waals surface area (Å²) in [7, 11) is 0. The number of aromatic nitrogens is 1. The third-order valence-corrected chi connectivity index (χ3v) is 3.69. The van der Waals surface area contributed by atoms with Gasteiger partial charge in [-0.1, -0.05) is 18.5 Å². The summed E-state index contributed by atoms with van der Waals surface area (Å²) in [5.41, 5.74) is 5.61. The number of anilines is 1. The van der Waals surface area contributed by atoms with Crippen molar-refractivity contribution in [3.63, 3.8) is 0 Å². The zero-order valence-electron chi connectivity index (χ0n) is 14.2. The van der Waals surface area contributed by atoms with E-state index in [0.717, 1.165) is 0 Å². The lowest BCUT2D eigenvalue weighted by Gasteiger charge is -2.12. The summed E-state index contributed by atoms with van der Waals surface area (Å²) in [5.74, 6) is -1.24. The fraction of sp³-hybridized carbons (Fsp3) is 0.222. The van der Waals surface area contributed by atoms with Gasteiger partial charge in [0.25, 0.3) is 5.91 Å². The number of carbonyl (C=O) groups is 3.